The highest BCUT2D eigenvalue weighted by atomic mass is 79.9. The van der Waals surface area contributed by atoms with E-state index in [0.717, 1.165) is 23.7 Å². The van der Waals surface area contributed by atoms with E-state index in [-0.39, 0.29) is 11.3 Å². The van der Waals surface area contributed by atoms with Crippen molar-refractivity contribution >= 4 is 45.0 Å². The molecule has 1 saturated carbocycles. The second-order valence-electron chi connectivity index (χ2n) is 4.78. The van der Waals surface area contributed by atoms with E-state index >= 15 is 0 Å². The quantitative estimate of drug-likeness (QED) is 0.790. The molecule has 0 radical (unpaired) electrons. The van der Waals surface area contributed by atoms with Crippen molar-refractivity contribution in [2.75, 3.05) is 12.4 Å². The number of hydrogen-bond donors (Lipinski definition) is 1. The highest BCUT2D eigenvalue weighted by Crippen LogP contribution is 2.48. The summed E-state index contributed by atoms with van der Waals surface area (Å²) in [6.07, 6.45) is 3.27. The fourth-order valence-corrected chi connectivity index (χ4v) is 3.21. The number of alkyl halides is 1. The molecule has 0 unspecified atom stereocenters. The number of hydrogen-bond acceptors (Lipinski definition) is 1. The molecule has 18 heavy (non-hydrogen) atoms. The van der Waals surface area contributed by atoms with Gasteiger partial charge < -0.3 is 5.32 Å². The molecular formula is C13H14BrCl2NO. The second-order valence-corrected chi connectivity index (χ2v) is 6.51. The largest absolute Gasteiger partial charge is 0.351 e. The standard InChI is InChI=1S/C13H14BrCl2NO/c14-10-5-9(6-11(16)7-10)12(18)17-8-13(1-2-13)3-4-15/h5-7H,1-4,8H2,(H,17,18). The van der Waals surface area contributed by atoms with Crippen molar-refractivity contribution in [3.05, 3.63) is 33.3 Å². The Morgan fingerprint density at radius 1 is 1.39 bits per heavy atom. The Labute approximate surface area is 125 Å². The van der Waals surface area contributed by atoms with E-state index in [2.05, 4.69) is 21.2 Å². The van der Waals surface area contributed by atoms with Crippen molar-refractivity contribution in [2.45, 2.75) is 19.3 Å². The molecule has 1 aromatic carbocycles. The Hall–Kier alpha value is -0.250. The fourth-order valence-electron chi connectivity index (χ4n) is 1.95. The molecule has 2 nitrogen and oxygen atoms in total. The average molecular weight is 351 g/mol. The minimum absolute atomic E-state index is 0.0842. The Balaban J connectivity index is 1.95. The van der Waals surface area contributed by atoms with Crippen LogP contribution in [0.4, 0.5) is 0 Å². The smallest absolute Gasteiger partial charge is 0.251 e. The zero-order valence-electron chi connectivity index (χ0n) is 9.81. The van der Waals surface area contributed by atoms with E-state index in [1.54, 1.807) is 18.2 Å². The molecular weight excluding hydrogens is 337 g/mol. The van der Waals surface area contributed by atoms with Crippen molar-refractivity contribution in [1.82, 2.24) is 5.32 Å². The third-order valence-electron chi connectivity index (χ3n) is 3.33. The first-order valence-corrected chi connectivity index (χ1v) is 7.55. The Bertz CT molecular complexity index is 440. The molecule has 1 amide bonds. The van der Waals surface area contributed by atoms with Gasteiger partial charge in [-0.1, -0.05) is 27.5 Å². The van der Waals surface area contributed by atoms with Gasteiger partial charge in [-0.15, -0.1) is 11.6 Å². The number of carbonyl (C=O) groups is 1. The molecule has 5 heteroatoms. The van der Waals surface area contributed by atoms with Crippen molar-refractivity contribution in [3.63, 3.8) is 0 Å². The molecule has 0 aromatic heterocycles. The average Bonchev–Trinajstić information content (AvgIpc) is 3.06. The Kier molecular flexibility index (Phi) is 4.57. The van der Waals surface area contributed by atoms with E-state index in [9.17, 15) is 4.79 Å². The summed E-state index contributed by atoms with van der Waals surface area (Å²) >= 11 is 15.0. The first-order valence-electron chi connectivity index (χ1n) is 5.85. The number of halogens is 3. The summed E-state index contributed by atoms with van der Waals surface area (Å²) in [6, 6.07) is 5.19. The van der Waals surface area contributed by atoms with Gasteiger partial charge in [-0.05, 0) is 42.9 Å². The summed E-state index contributed by atoms with van der Waals surface area (Å²) in [5, 5.41) is 3.52. The van der Waals surface area contributed by atoms with Crippen LogP contribution < -0.4 is 5.32 Å². The summed E-state index contributed by atoms with van der Waals surface area (Å²) in [4.78, 5) is 12.0. The van der Waals surface area contributed by atoms with Gasteiger partial charge in [0, 0.05) is 27.5 Å². The van der Waals surface area contributed by atoms with E-state index in [0.29, 0.717) is 23.0 Å². The molecule has 1 fully saturated rings. The lowest BCUT2D eigenvalue weighted by Crippen LogP contribution is -2.30. The molecule has 1 N–H and O–H groups in total. The maximum Gasteiger partial charge on any atom is 0.251 e. The predicted octanol–water partition coefficient (Wildman–Crippen LogP) is 4.24. The van der Waals surface area contributed by atoms with Gasteiger partial charge in [-0.25, -0.2) is 0 Å². The Morgan fingerprint density at radius 3 is 2.67 bits per heavy atom. The number of rotatable bonds is 5. The van der Waals surface area contributed by atoms with Gasteiger partial charge in [0.15, 0.2) is 0 Å². The van der Waals surface area contributed by atoms with Crippen LogP contribution in [-0.2, 0) is 0 Å². The Morgan fingerprint density at radius 2 is 2.11 bits per heavy atom. The van der Waals surface area contributed by atoms with Gasteiger partial charge in [0.1, 0.15) is 0 Å². The van der Waals surface area contributed by atoms with E-state index in [4.69, 9.17) is 23.2 Å². The van der Waals surface area contributed by atoms with Gasteiger partial charge in [-0.3, -0.25) is 4.79 Å². The molecule has 2 rings (SSSR count). The third kappa shape index (κ3) is 3.62. The minimum Gasteiger partial charge on any atom is -0.351 e. The lowest BCUT2D eigenvalue weighted by Gasteiger charge is -2.14. The van der Waals surface area contributed by atoms with Crippen LogP contribution in [-0.4, -0.2) is 18.3 Å². The van der Waals surface area contributed by atoms with Crippen LogP contribution in [0, 0.1) is 5.41 Å². The molecule has 0 atom stereocenters. The summed E-state index contributed by atoms with van der Waals surface area (Å²) in [5.41, 5.74) is 0.823. The van der Waals surface area contributed by atoms with Crippen molar-refractivity contribution in [1.29, 1.82) is 0 Å². The van der Waals surface area contributed by atoms with Crippen LogP contribution in [0.3, 0.4) is 0 Å². The number of carbonyl (C=O) groups excluding carboxylic acids is 1. The first-order chi connectivity index (χ1) is 8.54. The first kappa shape index (κ1) is 14.2. The minimum atomic E-state index is -0.0842. The maximum absolute atomic E-state index is 12.0. The third-order valence-corrected chi connectivity index (χ3v) is 4.20. The van der Waals surface area contributed by atoms with Crippen LogP contribution in [0.15, 0.2) is 22.7 Å². The number of benzene rings is 1. The summed E-state index contributed by atoms with van der Waals surface area (Å²) < 4.78 is 0.807. The topological polar surface area (TPSA) is 29.1 Å². The lowest BCUT2D eigenvalue weighted by atomic mass is 10.0. The van der Waals surface area contributed by atoms with Crippen molar-refractivity contribution in [3.8, 4) is 0 Å². The highest BCUT2D eigenvalue weighted by molar-refractivity contribution is 9.10. The zero-order valence-corrected chi connectivity index (χ0v) is 12.9. The van der Waals surface area contributed by atoms with Crippen LogP contribution >= 0.6 is 39.1 Å². The molecule has 1 aliphatic carbocycles. The van der Waals surface area contributed by atoms with E-state index < -0.39 is 0 Å². The van der Waals surface area contributed by atoms with E-state index in [1.807, 2.05) is 0 Å². The SMILES string of the molecule is O=C(NCC1(CCCl)CC1)c1cc(Cl)cc(Br)c1. The van der Waals surface area contributed by atoms with Crippen molar-refractivity contribution < 1.29 is 4.79 Å². The van der Waals surface area contributed by atoms with Gasteiger partial charge in [0.2, 0.25) is 0 Å². The molecule has 98 valence electrons. The molecule has 0 bridgehead atoms. The molecule has 0 heterocycles. The molecule has 0 aliphatic heterocycles. The lowest BCUT2D eigenvalue weighted by molar-refractivity contribution is 0.0944. The van der Waals surface area contributed by atoms with Crippen LogP contribution in [0.1, 0.15) is 29.6 Å². The highest BCUT2D eigenvalue weighted by Gasteiger charge is 2.41. The van der Waals surface area contributed by atoms with E-state index in [1.165, 1.54) is 0 Å². The predicted molar refractivity (Wildman–Crippen MR) is 78.5 cm³/mol. The molecule has 0 saturated heterocycles. The van der Waals surface area contributed by atoms with Gasteiger partial charge >= 0.3 is 0 Å². The van der Waals surface area contributed by atoms with Crippen LogP contribution in [0.2, 0.25) is 5.02 Å². The summed E-state index contributed by atoms with van der Waals surface area (Å²) in [5.74, 6) is 0.567. The van der Waals surface area contributed by atoms with Gasteiger partial charge in [0.05, 0.1) is 0 Å². The van der Waals surface area contributed by atoms with Crippen molar-refractivity contribution in [2.24, 2.45) is 5.41 Å². The van der Waals surface area contributed by atoms with Crippen LogP contribution in [0.5, 0.6) is 0 Å². The summed E-state index contributed by atoms with van der Waals surface area (Å²) in [7, 11) is 0. The zero-order chi connectivity index (χ0) is 13.2. The number of amides is 1. The molecule has 1 aromatic rings. The van der Waals surface area contributed by atoms with Gasteiger partial charge in [0.25, 0.3) is 5.91 Å². The normalized spacial score (nSPS) is 16.4. The fraction of sp³-hybridized carbons (Fsp3) is 0.462. The molecule has 1 aliphatic rings. The van der Waals surface area contributed by atoms with Crippen LogP contribution in [0.25, 0.3) is 0 Å². The maximum atomic E-state index is 12.0. The van der Waals surface area contributed by atoms with Gasteiger partial charge in [-0.2, -0.15) is 0 Å². The summed E-state index contributed by atoms with van der Waals surface area (Å²) in [6.45, 7) is 0.697. The number of nitrogens with one attached hydrogen (secondary N) is 1. The molecule has 0 spiro atoms. The monoisotopic (exact) mass is 349 g/mol. The second kappa shape index (κ2) is 5.81.